The Bertz CT molecular complexity index is 517. The van der Waals surface area contributed by atoms with E-state index in [4.69, 9.17) is 11.6 Å². The van der Waals surface area contributed by atoms with Crippen LogP contribution in [0.2, 0.25) is 5.15 Å². The molecule has 7 nitrogen and oxygen atoms in total. The smallest absolute Gasteiger partial charge is 0.300 e. The molecule has 0 bridgehead atoms. The van der Waals surface area contributed by atoms with Crippen LogP contribution in [0.25, 0.3) is 0 Å². The Labute approximate surface area is 121 Å². The van der Waals surface area contributed by atoms with E-state index in [9.17, 15) is 14.9 Å². The highest BCUT2D eigenvalue weighted by Gasteiger charge is 2.21. The maximum Gasteiger partial charge on any atom is 0.300 e. The molecule has 0 spiro atoms. The summed E-state index contributed by atoms with van der Waals surface area (Å²) in [4.78, 5) is 28.1. The van der Waals surface area contributed by atoms with Crippen LogP contribution in [-0.4, -0.2) is 46.9 Å². The van der Waals surface area contributed by atoms with Crippen molar-refractivity contribution in [2.24, 2.45) is 0 Å². The number of likely N-dealkylation sites (tertiary alicyclic amines) is 1. The molecule has 1 aromatic heterocycles. The second-order valence-corrected chi connectivity index (χ2v) is 4.97. The van der Waals surface area contributed by atoms with Crippen LogP contribution in [-0.2, 0) is 0 Å². The lowest BCUT2D eigenvalue weighted by molar-refractivity contribution is -0.385. The second kappa shape index (κ2) is 6.62. The lowest BCUT2D eigenvalue weighted by atomic mass is 10.2. The van der Waals surface area contributed by atoms with Gasteiger partial charge in [0.25, 0.3) is 11.6 Å². The van der Waals surface area contributed by atoms with E-state index < -0.39 is 10.8 Å². The van der Waals surface area contributed by atoms with E-state index in [1.54, 1.807) is 0 Å². The number of aromatic nitrogens is 1. The Morgan fingerprint density at radius 2 is 2.20 bits per heavy atom. The molecule has 1 aliphatic rings. The summed E-state index contributed by atoms with van der Waals surface area (Å²) in [7, 11) is 0. The second-order valence-electron chi connectivity index (χ2n) is 4.59. The number of halogens is 1. The number of nitrogens with one attached hydrogen (secondary N) is 1. The van der Waals surface area contributed by atoms with Crippen LogP contribution >= 0.6 is 11.6 Å². The summed E-state index contributed by atoms with van der Waals surface area (Å²) in [6.45, 7) is 3.28. The highest BCUT2D eigenvalue weighted by atomic mass is 35.5. The molecule has 1 fully saturated rings. The summed E-state index contributed by atoms with van der Waals surface area (Å²) in [6, 6.07) is 1.21. The van der Waals surface area contributed by atoms with E-state index in [2.05, 4.69) is 15.2 Å². The van der Waals surface area contributed by atoms with E-state index in [-0.39, 0.29) is 16.4 Å². The number of hydrogen-bond donors (Lipinski definition) is 1. The molecule has 1 saturated heterocycles. The predicted molar refractivity (Wildman–Crippen MR) is 73.9 cm³/mol. The van der Waals surface area contributed by atoms with Gasteiger partial charge in [0.05, 0.1) is 4.92 Å². The van der Waals surface area contributed by atoms with E-state index in [1.807, 2.05) is 0 Å². The number of carbonyl (C=O) groups excluding carboxylic acids is 1. The summed E-state index contributed by atoms with van der Waals surface area (Å²) in [5, 5.41) is 13.6. The van der Waals surface area contributed by atoms with Crippen LogP contribution in [0, 0.1) is 10.1 Å². The van der Waals surface area contributed by atoms with Crippen molar-refractivity contribution >= 4 is 23.2 Å². The van der Waals surface area contributed by atoms with Crippen molar-refractivity contribution < 1.29 is 9.72 Å². The molecule has 8 heteroatoms. The summed E-state index contributed by atoms with van der Waals surface area (Å²) in [5.74, 6) is -0.500. The van der Waals surface area contributed by atoms with Gasteiger partial charge in [-0.05, 0) is 32.0 Å². The average molecular weight is 299 g/mol. The average Bonchev–Trinajstić information content (AvgIpc) is 2.91. The monoisotopic (exact) mass is 298 g/mol. The lowest BCUT2D eigenvalue weighted by Gasteiger charge is -2.14. The first-order valence-electron chi connectivity index (χ1n) is 6.38. The maximum atomic E-state index is 12.0. The number of pyridine rings is 1. The van der Waals surface area contributed by atoms with Crippen molar-refractivity contribution in [3.63, 3.8) is 0 Å². The number of rotatable bonds is 5. The van der Waals surface area contributed by atoms with Crippen LogP contribution in [0.15, 0.2) is 12.3 Å². The predicted octanol–water partition coefficient (Wildman–Crippen LogP) is 1.47. The van der Waals surface area contributed by atoms with Crippen molar-refractivity contribution in [3.8, 4) is 0 Å². The third-order valence-corrected chi connectivity index (χ3v) is 3.41. The third kappa shape index (κ3) is 3.64. The van der Waals surface area contributed by atoms with Gasteiger partial charge in [0.1, 0.15) is 16.9 Å². The molecular formula is C12H15ClN4O3. The highest BCUT2D eigenvalue weighted by Crippen LogP contribution is 2.20. The van der Waals surface area contributed by atoms with Gasteiger partial charge < -0.3 is 10.2 Å². The van der Waals surface area contributed by atoms with Crippen molar-refractivity contribution in [3.05, 3.63) is 33.1 Å². The highest BCUT2D eigenvalue weighted by molar-refractivity contribution is 6.29. The van der Waals surface area contributed by atoms with E-state index in [1.165, 1.54) is 18.9 Å². The van der Waals surface area contributed by atoms with E-state index >= 15 is 0 Å². The summed E-state index contributed by atoms with van der Waals surface area (Å²) in [6.07, 6.45) is 3.36. The molecule has 0 radical (unpaired) electrons. The molecule has 108 valence electrons. The Balaban J connectivity index is 1.97. The molecule has 2 rings (SSSR count). The van der Waals surface area contributed by atoms with Crippen LogP contribution in [0.5, 0.6) is 0 Å². The number of nitrogens with zero attached hydrogens (tertiary/aromatic N) is 3. The Morgan fingerprint density at radius 3 is 2.85 bits per heavy atom. The molecule has 0 aromatic carbocycles. The zero-order chi connectivity index (χ0) is 14.5. The van der Waals surface area contributed by atoms with Gasteiger partial charge in [-0.3, -0.25) is 14.9 Å². The van der Waals surface area contributed by atoms with Gasteiger partial charge >= 0.3 is 0 Å². The van der Waals surface area contributed by atoms with Crippen molar-refractivity contribution in [2.75, 3.05) is 26.2 Å². The Morgan fingerprint density at radius 1 is 1.50 bits per heavy atom. The number of carbonyl (C=O) groups is 1. The Kier molecular flexibility index (Phi) is 4.86. The standard InChI is InChI=1S/C12H15ClN4O3/c13-11-7-9(10(8-15-11)17(19)20)12(18)14-3-6-16-4-1-2-5-16/h7-8H,1-6H2,(H,14,18). The molecule has 1 aliphatic heterocycles. The van der Waals surface area contributed by atoms with Gasteiger partial charge in [-0.15, -0.1) is 0 Å². The third-order valence-electron chi connectivity index (χ3n) is 3.20. The first kappa shape index (κ1) is 14.7. The molecule has 0 aliphatic carbocycles. The summed E-state index contributed by atoms with van der Waals surface area (Å²) < 4.78 is 0. The minimum atomic E-state index is -0.640. The molecule has 20 heavy (non-hydrogen) atoms. The number of amides is 1. The van der Waals surface area contributed by atoms with Crippen molar-refractivity contribution in [2.45, 2.75) is 12.8 Å². The largest absolute Gasteiger partial charge is 0.351 e. The molecule has 2 heterocycles. The molecule has 0 saturated carbocycles. The maximum absolute atomic E-state index is 12.0. The van der Waals surface area contributed by atoms with Crippen LogP contribution in [0.4, 0.5) is 5.69 Å². The van der Waals surface area contributed by atoms with Crippen molar-refractivity contribution in [1.29, 1.82) is 0 Å². The molecule has 0 unspecified atom stereocenters. The SMILES string of the molecule is O=C(NCCN1CCCC1)c1cc(Cl)ncc1[N+](=O)[O-]. The number of hydrogen-bond acceptors (Lipinski definition) is 5. The van der Waals surface area contributed by atoms with Crippen LogP contribution < -0.4 is 5.32 Å². The molecule has 1 amide bonds. The molecule has 0 atom stereocenters. The van der Waals surface area contributed by atoms with Gasteiger partial charge in [-0.1, -0.05) is 11.6 Å². The van der Waals surface area contributed by atoms with Crippen LogP contribution in [0.1, 0.15) is 23.2 Å². The zero-order valence-electron chi connectivity index (χ0n) is 10.8. The molecular weight excluding hydrogens is 284 g/mol. The fourth-order valence-corrected chi connectivity index (χ4v) is 2.34. The fraction of sp³-hybridized carbons (Fsp3) is 0.500. The summed E-state index contributed by atoms with van der Waals surface area (Å²) >= 11 is 5.68. The van der Waals surface area contributed by atoms with Gasteiger partial charge in [-0.2, -0.15) is 0 Å². The van der Waals surface area contributed by atoms with Gasteiger partial charge in [0.15, 0.2) is 0 Å². The topological polar surface area (TPSA) is 88.4 Å². The fourth-order valence-electron chi connectivity index (χ4n) is 2.18. The minimum absolute atomic E-state index is 0.0558. The Hall–Kier alpha value is -1.73. The van der Waals surface area contributed by atoms with Gasteiger partial charge in [-0.25, -0.2) is 4.98 Å². The van der Waals surface area contributed by atoms with E-state index in [0.29, 0.717) is 6.54 Å². The number of nitro groups is 1. The normalized spacial score (nSPS) is 15.2. The first-order chi connectivity index (χ1) is 9.58. The van der Waals surface area contributed by atoms with Gasteiger partial charge in [0, 0.05) is 13.1 Å². The first-order valence-corrected chi connectivity index (χ1v) is 6.76. The van der Waals surface area contributed by atoms with Crippen molar-refractivity contribution in [1.82, 2.24) is 15.2 Å². The molecule has 1 aromatic rings. The van der Waals surface area contributed by atoms with E-state index in [0.717, 1.165) is 25.8 Å². The van der Waals surface area contributed by atoms with Gasteiger partial charge in [0.2, 0.25) is 0 Å². The summed E-state index contributed by atoms with van der Waals surface area (Å²) in [5.41, 5.74) is -0.399. The minimum Gasteiger partial charge on any atom is -0.351 e. The lowest BCUT2D eigenvalue weighted by Crippen LogP contribution is -2.33. The quantitative estimate of drug-likeness (QED) is 0.505. The zero-order valence-corrected chi connectivity index (χ0v) is 11.6. The van der Waals surface area contributed by atoms with Crippen LogP contribution in [0.3, 0.4) is 0 Å². The molecule has 1 N–H and O–H groups in total.